The molecule has 1 aliphatic heterocycles. The van der Waals surface area contributed by atoms with Crippen LogP contribution in [0.1, 0.15) is 11.1 Å². The lowest BCUT2D eigenvalue weighted by Gasteiger charge is -2.14. The van der Waals surface area contributed by atoms with Gasteiger partial charge in [-0.15, -0.1) is 0 Å². The first-order valence-corrected chi connectivity index (χ1v) is 11.6. The summed E-state index contributed by atoms with van der Waals surface area (Å²) in [6.45, 7) is 0.827. The monoisotopic (exact) mass is 460 g/mol. The summed E-state index contributed by atoms with van der Waals surface area (Å²) in [5, 5.41) is 15.9. The molecule has 0 bridgehead atoms. The van der Waals surface area contributed by atoms with Crippen molar-refractivity contribution in [3.05, 3.63) is 101 Å². The van der Waals surface area contributed by atoms with Crippen LogP contribution >= 0.6 is 23.8 Å². The van der Waals surface area contributed by atoms with Gasteiger partial charge < -0.3 is 10.2 Å². The van der Waals surface area contributed by atoms with E-state index in [4.69, 9.17) is 0 Å². The number of nitrogens with zero attached hydrogens (tertiary/aromatic N) is 2. The maximum Gasteiger partial charge on any atom is 0.213 e. The van der Waals surface area contributed by atoms with E-state index < -0.39 is 0 Å². The zero-order chi connectivity index (χ0) is 21.9. The summed E-state index contributed by atoms with van der Waals surface area (Å²) < 4.78 is 6.74. The molecule has 160 valence electrons. The molecule has 1 aromatic heterocycles. The Balaban J connectivity index is 1.48. The van der Waals surface area contributed by atoms with Gasteiger partial charge in [0.25, 0.3) is 0 Å². The first-order chi connectivity index (χ1) is 15.7. The van der Waals surface area contributed by atoms with Crippen LogP contribution in [-0.4, -0.2) is 7.05 Å². The van der Waals surface area contributed by atoms with Crippen LogP contribution in [0.4, 0.5) is 5.69 Å². The molecule has 0 atom stereocenters. The van der Waals surface area contributed by atoms with Crippen molar-refractivity contribution < 1.29 is 19.2 Å². The topological polar surface area (TPSA) is 48.6 Å². The number of anilines is 1. The lowest BCUT2D eigenvalue weighted by atomic mass is 10.1. The lowest BCUT2D eigenvalue weighted by molar-refractivity contribution is -0.777. The molecular formula is C25H20N2O3S2. The number of benzene rings is 3. The molecule has 0 saturated carbocycles. The molecule has 32 heavy (non-hydrogen) atoms. The van der Waals surface area contributed by atoms with Gasteiger partial charge in [0.1, 0.15) is 0 Å². The normalized spacial score (nSPS) is 14.3. The van der Waals surface area contributed by atoms with E-state index in [2.05, 4.69) is 85.7 Å². The van der Waals surface area contributed by atoms with Crippen molar-refractivity contribution in [3.63, 3.8) is 0 Å². The number of hydrogen-bond acceptors (Lipinski definition) is 6. The molecule has 0 amide bonds. The molecular weight excluding hydrogens is 440 g/mol. The van der Waals surface area contributed by atoms with Crippen LogP contribution in [0.3, 0.4) is 0 Å². The van der Waals surface area contributed by atoms with Gasteiger partial charge in [0.05, 0.1) is 28.1 Å². The average Bonchev–Trinajstić information content (AvgIpc) is 3.14. The summed E-state index contributed by atoms with van der Waals surface area (Å²) in [6, 6.07) is 27.1. The largest absolute Gasteiger partial charge is 0.691 e. The van der Waals surface area contributed by atoms with Crippen molar-refractivity contribution in [1.29, 1.82) is 0 Å². The Morgan fingerprint density at radius 3 is 2.69 bits per heavy atom. The third kappa shape index (κ3) is 4.26. The smallest absolute Gasteiger partial charge is 0.213 e. The molecule has 1 aliphatic rings. The van der Waals surface area contributed by atoms with Gasteiger partial charge in [0.2, 0.25) is 5.52 Å². The lowest BCUT2D eigenvalue weighted by Crippen LogP contribution is -2.34. The van der Waals surface area contributed by atoms with Crippen LogP contribution in [0.15, 0.2) is 99.9 Å². The Kier molecular flexibility index (Phi) is 6.16. The minimum Gasteiger partial charge on any atom is -0.691 e. The van der Waals surface area contributed by atoms with E-state index in [0.717, 1.165) is 39.1 Å². The second kappa shape index (κ2) is 9.36. The van der Waals surface area contributed by atoms with Crippen molar-refractivity contribution in [2.45, 2.75) is 16.3 Å². The summed E-state index contributed by atoms with van der Waals surface area (Å²) in [7, 11) is 2.05. The Morgan fingerprint density at radius 2 is 1.84 bits per heavy atom. The molecule has 7 heteroatoms. The number of rotatable bonds is 6. The van der Waals surface area contributed by atoms with Crippen LogP contribution in [-0.2, 0) is 15.9 Å². The summed E-state index contributed by atoms with van der Waals surface area (Å²) in [5.41, 5.74) is 4.71. The highest BCUT2D eigenvalue weighted by Crippen LogP contribution is 2.47. The Bertz CT molecular complexity index is 1300. The van der Waals surface area contributed by atoms with Crippen molar-refractivity contribution in [2.75, 3.05) is 11.9 Å². The van der Waals surface area contributed by atoms with Crippen molar-refractivity contribution in [3.8, 4) is 0 Å². The summed E-state index contributed by atoms with van der Waals surface area (Å²) in [5.74, 6) is 0. The van der Waals surface area contributed by atoms with Gasteiger partial charge in [-0.3, -0.25) is 5.04 Å². The van der Waals surface area contributed by atoms with Crippen molar-refractivity contribution in [1.82, 2.24) is 0 Å². The number of aromatic nitrogens is 1. The molecule has 0 saturated heterocycles. The Hall–Kier alpha value is -2.81. The number of para-hydroxylation sites is 1. The number of hydrogen-bond donors (Lipinski definition) is 0. The van der Waals surface area contributed by atoms with Gasteiger partial charge in [-0.2, -0.15) is 8.90 Å². The van der Waals surface area contributed by atoms with Crippen molar-refractivity contribution in [2.24, 2.45) is 0 Å². The van der Waals surface area contributed by atoms with Crippen LogP contribution in [0.25, 0.3) is 17.0 Å². The molecule has 0 radical (unpaired) electrons. The van der Waals surface area contributed by atoms with E-state index in [1.165, 1.54) is 22.0 Å². The predicted molar refractivity (Wildman–Crippen MR) is 126 cm³/mol. The molecule has 0 fully saturated rings. The Morgan fingerprint density at radius 1 is 1.03 bits per heavy atom. The SMILES string of the molecule is CN1C(=Cc2cc[n+](Cc3ccccc3)c3ccccc23)Sc2ccc(SOO[O-])cc21. The summed E-state index contributed by atoms with van der Waals surface area (Å²) in [6.07, 6.45) is 4.38. The zero-order valence-corrected chi connectivity index (χ0v) is 18.9. The fourth-order valence-electron chi connectivity index (χ4n) is 3.86. The molecule has 0 N–H and O–H groups in total. The van der Waals surface area contributed by atoms with Gasteiger partial charge in [-0.05, 0) is 35.9 Å². The number of pyridine rings is 1. The molecule has 0 aliphatic carbocycles. The highest BCUT2D eigenvalue weighted by atomic mass is 32.2. The van der Waals surface area contributed by atoms with Crippen LogP contribution in [0.5, 0.6) is 0 Å². The van der Waals surface area contributed by atoms with E-state index in [1.54, 1.807) is 11.8 Å². The van der Waals surface area contributed by atoms with Crippen molar-refractivity contribution >= 4 is 46.5 Å². The fraction of sp³-hybridized carbons (Fsp3) is 0.0800. The zero-order valence-electron chi connectivity index (χ0n) is 17.3. The second-order valence-corrected chi connectivity index (χ2v) is 9.23. The predicted octanol–water partition coefficient (Wildman–Crippen LogP) is 4.95. The molecule has 3 aromatic carbocycles. The van der Waals surface area contributed by atoms with Gasteiger partial charge >= 0.3 is 0 Å². The maximum atomic E-state index is 10.1. The third-order valence-corrected chi connectivity index (χ3v) is 7.16. The molecule has 0 unspecified atom stereocenters. The van der Waals surface area contributed by atoms with E-state index >= 15 is 0 Å². The summed E-state index contributed by atoms with van der Waals surface area (Å²) >= 11 is 2.63. The number of thioether (sulfide) groups is 1. The highest BCUT2D eigenvalue weighted by molar-refractivity contribution is 8.04. The fourth-order valence-corrected chi connectivity index (χ4v) is 5.33. The van der Waals surface area contributed by atoms with Gasteiger partial charge in [0.15, 0.2) is 12.7 Å². The first kappa shape index (κ1) is 21.1. The Labute approximate surface area is 195 Å². The van der Waals surface area contributed by atoms with Crippen LogP contribution in [0, 0.1) is 0 Å². The highest BCUT2D eigenvalue weighted by Gasteiger charge is 2.23. The van der Waals surface area contributed by atoms with E-state index in [-0.39, 0.29) is 0 Å². The van der Waals surface area contributed by atoms with E-state index in [1.807, 2.05) is 31.3 Å². The quantitative estimate of drug-likeness (QED) is 0.176. The second-order valence-electron chi connectivity index (χ2n) is 7.39. The van der Waals surface area contributed by atoms with Crippen LogP contribution in [0.2, 0.25) is 0 Å². The van der Waals surface area contributed by atoms with Crippen LogP contribution < -0.4 is 14.7 Å². The summed E-state index contributed by atoms with van der Waals surface area (Å²) in [4.78, 5) is 4.12. The molecule has 5 nitrogen and oxygen atoms in total. The average molecular weight is 461 g/mol. The van der Waals surface area contributed by atoms with E-state index in [9.17, 15) is 5.26 Å². The maximum absolute atomic E-state index is 10.1. The molecule has 5 rings (SSSR count). The van der Waals surface area contributed by atoms with Gasteiger partial charge in [-0.1, -0.05) is 54.2 Å². The number of fused-ring (bicyclic) bond motifs is 2. The standard InChI is InChI=1S/C25H20N2O3S2/c1-26-23-16-20(32-30-29-28)11-12-24(23)31-25(26)15-19-13-14-27(17-18-7-3-2-4-8-18)22-10-6-5-9-21(19)22/h2-16H,17H2,1H3. The van der Waals surface area contributed by atoms with E-state index in [0.29, 0.717) is 0 Å². The third-order valence-electron chi connectivity index (χ3n) is 5.43. The molecule has 4 aromatic rings. The van der Waals surface area contributed by atoms with Gasteiger partial charge in [0, 0.05) is 34.5 Å². The minimum atomic E-state index is 0.806. The first-order valence-electron chi connectivity index (χ1n) is 10.1. The molecule has 0 spiro atoms. The minimum absolute atomic E-state index is 0.806. The molecule has 2 heterocycles. The van der Waals surface area contributed by atoms with Gasteiger partial charge in [-0.25, -0.2) is 0 Å².